The molecule has 0 fully saturated rings. The Hall–Kier alpha value is -2.56. The van der Waals surface area contributed by atoms with Gasteiger partial charge in [-0.3, -0.25) is 9.59 Å². The van der Waals surface area contributed by atoms with Gasteiger partial charge in [-0.2, -0.15) is 4.31 Å². The first-order valence-corrected chi connectivity index (χ1v) is 12.4. The minimum Gasteiger partial charge on any atom is -0.465 e. The number of nitrogens with one attached hydrogen (secondary N) is 1. The van der Waals surface area contributed by atoms with Crippen LogP contribution < -0.4 is 5.32 Å². The number of carbonyl (C=O) groups excluding carboxylic acids is 3. The number of ether oxygens (including phenoxy) is 1. The van der Waals surface area contributed by atoms with Gasteiger partial charge in [-0.05, 0) is 49.8 Å². The van der Waals surface area contributed by atoms with Crippen molar-refractivity contribution >= 4 is 44.0 Å². The second-order valence-electron chi connectivity index (χ2n) is 7.94. The van der Waals surface area contributed by atoms with Crippen molar-refractivity contribution in [3.63, 3.8) is 0 Å². The van der Waals surface area contributed by atoms with Gasteiger partial charge in [0, 0.05) is 17.5 Å². The van der Waals surface area contributed by atoms with E-state index in [1.54, 1.807) is 0 Å². The van der Waals surface area contributed by atoms with Crippen LogP contribution in [0.4, 0.5) is 5.00 Å². The molecule has 0 spiro atoms. The maximum absolute atomic E-state index is 12.8. The highest BCUT2D eigenvalue weighted by atomic mass is 32.2. The molecule has 10 heteroatoms. The largest absolute Gasteiger partial charge is 0.465 e. The van der Waals surface area contributed by atoms with Crippen molar-refractivity contribution < 1.29 is 27.5 Å². The molecule has 1 aliphatic rings. The van der Waals surface area contributed by atoms with Gasteiger partial charge in [-0.25, -0.2) is 13.2 Å². The van der Waals surface area contributed by atoms with E-state index in [1.165, 1.54) is 56.7 Å². The molecule has 1 unspecified atom stereocenters. The van der Waals surface area contributed by atoms with Crippen molar-refractivity contribution in [3.05, 3.63) is 45.8 Å². The number of methoxy groups -OCH3 is 1. The number of hydrogen-bond acceptors (Lipinski definition) is 7. The molecule has 1 amide bonds. The molecule has 0 bridgehead atoms. The van der Waals surface area contributed by atoms with Crippen molar-refractivity contribution in [1.82, 2.24) is 4.31 Å². The van der Waals surface area contributed by atoms with Crippen molar-refractivity contribution in [2.75, 3.05) is 26.0 Å². The standard InChI is InChI=1S/C22H26N2O6S2/c1-13-5-10-17-18(11-13)31-21(20(17)22(27)30-4)23-19(26)12-24(3)32(28,29)16-8-6-15(7-9-16)14(2)25/h6-9,13H,5,10-12H2,1-4H3,(H,23,26). The Labute approximate surface area is 191 Å². The predicted molar refractivity (Wildman–Crippen MR) is 122 cm³/mol. The van der Waals surface area contributed by atoms with E-state index >= 15 is 0 Å². The zero-order valence-corrected chi connectivity index (χ0v) is 20.1. The highest BCUT2D eigenvalue weighted by Crippen LogP contribution is 2.40. The predicted octanol–water partition coefficient (Wildman–Crippen LogP) is 3.12. The number of sulfonamides is 1. The quantitative estimate of drug-likeness (QED) is 0.484. The Kier molecular flexibility index (Phi) is 7.16. The zero-order valence-electron chi connectivity index (χ0n) is 18.4. The van der Waals surface area contributed by atoms with E-state index in [1.807, 2.05) is 0 Å². The number of fused-ring (bicyclic) bond motifs is 1. The molecule has 0 saturated heterocycles. The van der Waals surface area contributed by atoms with Gasteiger partial charge < -0.3 is 10.1 Å². The molecule has 32 heavy (non-hydrogen) atoms. The normalized spacial score (nSPS) is 15.8. The molecule has 8 nitrogen and oxygen atoms in total. The van der Waals surface area contributed by atoms with E-state index in [9.17, 15) is 22.8 Å². The van der Waals surface area contributed by atoms with Crippen LogP contribution in [0.5, 0.6) is 0 Å². The van der Waals surface area contributed by atoms with Gasteiger partial charge in [0.25, 0.3) is 0 Å². The molecular formula is C22H26N2O6S2. The lowest BCUT2D eigenvalue weighted by atomic mass is 9.88. The number of carbonyl (C=O) groups is 3. The fraction of sp³-hybridized carbons (Fsp3) is 0.409. The number of ketones is 1. The number of thiophene rings is 1. The molecule has 172 valence electrons. The lowest BCUT2D eigenvalue weighted by molar-refractivity contribution is -0.116. The van der Waals surface area contributed by atoms with Gasteiger partial charge in [0.1, 0.15) is 5.00 Å². The molecule has 0 saturated carbocycles. The first kappa shape index (κ1) is 24.1. The number of rotatable bonds is 7. The average molecular weight is 479 g/mol. The van der Waals surface area contributed by atoms with Gasteiger partial charge in [0.05, 0.1) is 24.1 Å². The maximum Gasteiger partial charge on any atom is 0.341 e. The number of nitrogens with zero attached hydrogens (tertiary/aromatic N) is 1. The number of esters is 1. The SMILES string of the molecule is COC(=O)c1c(NC(=O)CN(C)S(=O)(=O)c2ccc(C(C)=O)cc2)sc2c1CCC(C)C2. The zero-order chi connectivity index (χ0) is 23.6. The molecule has 0 radical (unpaired) electrons. The lowest BCUT2D eigenvalue weighted by Crippen LogP contribution is -2.35. The summed E-state index contributed by atoms with van der Waals surface area (Å²) in [6, 6.07) is 5.54. The maximum atomic E-state index is 12.8. The number of likely N-dealkylation sites (N-methyl/N-ethyl adjacent to an activating group) is 1. The number of amides is 1. The lowest BCUT2D eigenvalue weighted by Gasteiger charge is -2.18. The Morgan fingerprint density at radius 2 is 1.88 bits per heavy atom. The van der Waals surface area contributed by atoms with Gasteiger partial charge in [0.2, 0.25) is 15.9 Å². The van der Waals surface area contributed by atoms with Crippen LogP contribution in [0.1, 0.15) is 51.4 Å². The van der Waals surface area contributed by atoms with Gasteiger partial charge in [0.15, 0.2) is 5.78 Å². The van der Waals surface area contributed by atoms with Gasteiger partial charge >= 0.3 is 5.97 Å². The van der Waals surface area contributed by atoms with E-state index < -0.39 is 28.4 Å². The molecular weight excluding hydrogens is 452 g/mol. The number of anilines is 1. The second kappa shape index (κ2) is 9.51. The number of Topliss-reactive ketones (excluding diaryl/α,β-unsaturated/α-hetero) is 1. The Morgan fingerprint density at radius 1 is 1.22 bits per heavy atom. The van der Waals surface area contributed by atoms with Crippen LogP contribution in [0.2, 0.25) is 0 Å². The molecule has 1 aromatic carbocycles. The van der Waals surface area contributed by atoms with E-state index in [0.29, 0.717) is 22.0 Å². The fourth-order valence-corrected chi connectivity index (χ4v) is 6.19. The van der Waals surface area contributed by atoms with E-state index in [2.05, 4.69) is 12.2 Å². The van der Waals surface area contributed by atoms with Gasteiger partial charge in [-0.1, -0.05) is 19.1 Å². The molecule has 1 N–H and O–H groups in total. The minimum atomic E-state index is -3.94. The van der Waals surface area contributed by atoms with Crippen LogP contribution in [0.15, 0.2) is 29.2 Å². The third-order valence-corrected chi connectivity index (χ3v) is 8.48. The van der Waals surface area contributed by atoms with Crippen LogP contribution >= 0.6 is 11.3 Å². The summed E-state index contributed by atoms with van der Waals surface area (Å²) in [5, 5.41) is 3.09. The van der Waals surface area contributed by atoms with Crippen molar-refractivity contribution in [3.8, 4) is 0 Å². The first-order chi connectivity index (χ1) is 15.0. The first-order valence-electron chi connectivity index (χ1n) is 10.1. The highest BCUT2D eigenvalue weighted by molar-refractivity contribution is 7.89. The third-order valence-electron chi connectivity index (χ3n) is 5.49. The minimum absolute atomic E-state index is 0.0198. The average Bonchev–Trinajstić information content (AvgIpc) is 3.09. The number of benzene rings is 1. The van der Waals surface area contributed by atoms with Crippen molar-refractivity contribution in [2.45, 2.75) is 38.0 Å². The summed E-state index contributed by atoms with van der Waals surface area (Å²) in [5.41, 5.74) is 1.66. The van der Waals surface area contributed by atoms with Gasteiger partial charge in [-0.15, -0.1) is 11.3 Å². The van der Waals surface area contributed by atoms with E-state index in [-0.39, 0.29) is 10.7 Å². The third kappa shape index (κ3) is 4.92. The summed E-state index contributed by atoms with van der Waals surface area (Å²) in [7, 11) is -1.34. The molecule has 1 aliphatic carbocycles. The second-order valence-corrected chi connectivity index (χ2v) is 11.1. The molecule has 1 atom stereocenters. The van der Waals surface area contributed by atoms with Crippen LogP contribution in [0.3, 0.4) is 0 Å². The van der Waals surface area contributed by atoms with E-state index in [4.69, 9.17) is 4.74 Å². The van der Waals surface area contributed by atoms with Crippen LogP contribution in [0.25, 0.3) is 0 Å². The van der Waals surface area contributed by atoms with Crippen molar-refractivity contribution in [2.24, 2.45) is 5.92 Å². The summed E-state index contributed by atoms with van der Waals surface area (Å²) >= 11 is 1.34. The summed E-state index contributed by atoms with van der Waals surface area (Å²) in [5.74, 6) is -0.760. The summed E-state index contributed by atoms with van der Waals surface area (Å²) in [4.78, 5) is 37.5. The smallest absolute Gasteiger partial charge is 0.341 e. The summed E-state index contributed by atoms with van der Waals surface area (Å²) in [6.07, 6.45) is 2.51. The van der Waals surface area contributed by atoms with Crippen LogP contribution in [-0.4, -0.2) is 51.1 Å². The molecule has 2 aromatic rings. The fourth-order valence-electron chi connectivity index (χ4n) is 3.65. The Morgan fingerprint density at radius 3 is 2.47 bits per heavy atom. The number of hydrogen-bond donors (Lipinski definition) is 1. The van der Waals surface area contributed by atoms with Crippen LogP contribution in [-0.2, 0) is 32.4 Å². The molecule has 0 aliphatic heterocycles. The Balaban J connectivity index is 1.78. The summed E-state index contributed by atoms with van der Waals surface area (Å²) in [6.45, 7) is 3.10. The van der Waals surface area contributed by atoms with E-state index in [0.717, 1.165) is 34.0 Å². The highest BCUT2D eigenvalue weighted by Gasteiger charge is 2.30. The molecule has 1 heterocycles. The molecule has 3 rings (SSSR count). The molecule has 1 aromatic heterocycles. The monoisotopic (exact) mass is 478 g/mol. The van der Waals surface area contributed by atoms with Crippen LogP contribution in [0, 0.1) is 5.92 Å². The van der Waals surface area contributed by atoms with Crippen molar-refractivity contribution in [1.29, 1.82) is 0 Å². The summed E-state index contributed by atoms with van der Waals surface area (Å²) < 4.78 is 31.5. The topological polar surface area (TPSA) is 110 Å². The Bertz CT molecular complexity index is 1150.